The van der Waals surface area contributed by atoms with E-state index in [0.29, 0.717) is 74.8 Å². The topological polar surface area (TPSA) is 154 Å². The Balaban J connectivity index is 0.726. The van der Waals surface area contributed by atoms with E-state index in [1.54, 1.807) is 29.2 Å². The standard InChI is InChI=1S/C59H78FN9O6/c1-40-36-65(27-32-69(40)57(74)53(43-13-7-6-8-14-43)63(5)55(72)45-16-11-15-44(35-45)46-17-12-24-68(38-46)58(75)59(2,3)4)37-41-22-25-64(26-23-41)39-52(70)66-28-30-67(31-29-66)56(73)49-33-42(20-21-50(49)60)34-51-47-18-9-10-19-48(47)54(71)62-61-51/h9-11,15-16,18-21,33,35,40-41,43,46,49-50,53H,5-8,12-14,17,22-32,34,36-39H2,1-4H3/p+1/t40-,46-,49?,50?,53-/m1/s1. The number of aromatic amines is 1. The Hall–Kier alpha value is -5.87. The number of rotatable bonds is 12. The van der Waals surface area contributed by atoms with E-state index in [2.05, 4.69) is 39.7 Å². The number of allylic oxidation sites excluding steroid dienone is 3. The summed E-state index contributed by atoms with van der Waals surface area (Å²) in [5, 5.41) is 8.05. The highest BCUT2D eigenvalue weighted by atomic mass is 19.1. The zero-order valence-electron chi connectivity index (χ0n) is 44.8. The van der Waals surface area contributed by atoms with Crippen LogP contribution in [-0.4, -0.2) is 184 Å². The van der Waals surface area contributed by atoms with Crippen molar-refractivity contribution in [2.24, 2.45) is 23.2 Å². The Kier molecular flexibility index (Phi) is 17.0. The van der Waals surface area contributed by atoms with E-state index in [1.807, 2.05) is 65.8 Å². The highest BCUT2D eigenvalue weighted by Crippen LogP contribution is 2.34. The van der Waals surface area contributed by atoms with E-state index in [9.17, 15) is 28.8 Å². The van der Waals surface area contributed by atoms with Gasteiger partial charge in [0.1, 0.15) is 12.9 Å². The first-order valence-electron chi connectivity index (χ1n) is 27.9. The average Bonchev–Trinajstić information content (AvgIpc) is 3.42. The zero-order valence-corrected chi connectivity index (χ0v) is 44.8. The molecule has 5 atom stereocenters. The fraction of sp³-hybridized carbons (Fsp3) is 0.593. The molecule has 1 N–H and O–H groups in total. The summed E-state index contributed by atoms with van der Waals surface area (Å²) in [6, 6.07) is 14.3. The van der Waals surface area contributed by atoms with Crippen molar-refractivity contribution in [3.63, 3.8) is 0 Å². The van der Waals surface area contributed by atoms with Gasteiger partial charge in [0, 0.05) is 101 Å². The second-order valence-corrected chi connectivity index (χ2v) is 23.4. The molecule has 75 heavy (non-hydrogen) atoms. The molecule has 5 fully saturated rings. The number of carbonyl (C=O) groups excluding carboxylic acids is 5. The summed E-state index contributed by atoms with van der Waals surface area (Å²) in [4.78, 5) is 94.1. The van der Waals surface area contributed by atoms with Crippen molar-refractivity contribution < 1.29 is 32.9 Å². The van der Waals surface area contributed by atoms with Crippen molar-refractivity contribution in [2.75, 3.05) is 85.1 Å². The minimum Gasteiger partial charge on any atom is -0.342 e. The molecule has 15 nitrogen and oxygen atoms in total. The highest BCUT2D eigenvalue weighted by molar-refractivity contribution is 5.92. The third kappa shape index (κ3) is 12.5. The van der Waals surface area contributed by atoms with Gasteiger partial charge in [-0.1, -0.05) is 82.5 Å². The number of nitrogens with zero attached hydrogens (tertiary/aromatic N) is 8. The van der Waals surface area contributed by atoms with Gasteiger partial charge in [-0.25, -0.2) is 14.3 Å². The number of nitrogens with one attached hydrogen (secondary N) is 1. The molecule has 16 heteroatoms. The molecule has 2 aromatic carbocycles. The summed E-state index contributed by atoms with van der Waals surface area (Å²) in [5.74, 6) is -0.647. The predicted octanol–water partition coefficient (Wildman–Crippen LogP) is 6.09. The number of H-pyrrole nitrogens is 1. The minimum atomic E-state index is -1.46. The van der Waals surface area contributed by atoms with Gasteiger partial charge in [0.15, 0.2) is 0 Å². The number of hydrogen-bond acceptors (Lipinski definition) is 9. The molecule has 1 aromatic heterocycles. The molecule has 402 valence electrons. The van der Waals surface area contributed by atoms with E-state index in [4.69, 9.17) is 0 Å². The monoisotopic (exact) mass is 1030 g/mol. The maximum absolute atomic E-state index is 15.3. The molecule has 1 saturated carbocycles. The number of hydrogen-bond donors (Lipinski definition) is 1. The number of aromatic nitrogens is 2. The molecule has 9 rings (SSSR count). The Morgan fingerprint density at radius 1 is 0.800 bits per heavy atom. The summed E-state index contributed by atoms with van der Waals surface area (Å²) in [6.45, 7) is 20.2. The van der Waals surface area contributed by atoms with Gasteiger partial charge in [0.05, 0.1) is 29.1 Å². The molecular formula is C59H79FN9O6+. The smallest absolute Gasteiger partial charge is 0.342 e. The van der Waals surface area contributed by atoms with Crippen molar-refractivity contribution in [3.05, 3.63) is 99.5 Å². The molecule has 2 aliphatic carbocycles. The number of fused-ring (bicyclic) bond motifs is 1. The van der Waals surface area contributed by atoms with Crippen molar-refractivity contribution in [1.82, 2.24) is 39.6 Å². The van der Waals surface area contributed by atoms with Crippen LogP contribution in [0.1, 0.15) is 113 Å². The zero-order chi connectivity index (χ0) is 53.0. The molecule has 3 aromatic rings. The van der Waals surface area contributed by atoms with Crippen LogP contribution < -0.4 is 5.56 Å². The predicted molar refractivity (Wildman–Crippen MR) is 288 cm³/mol. The second-order valence-electron chi connectivity index (χ2n) is 23.4. The van der Waals surface area contributed by atoms with Gasteiger partial charge in [0.2, 0.25) is 23.8 Å². The lowest BCUT2D eigenvalue weighted by atomic mass is 9.82. The molecule has 2 unspecified atom stereocenters. The van der Waals surface area contributed by atoms with Crippen LogP contribution >= 0.6 is 0 Å². The summed E-state index contributed by atoms with van der Waals surface area (Å²) >= 11 is 0. The van der Waals surface area contributed by atoms with Crippen molar-refractivity contribution >= 4 is 47.0 Å². The third-order valence-corrected chi connectivity index (χ3v) is 17.1. The first-order chi connectivity index (χ1) is 36.0. The lowest BCUT2D eigenvalue weighted by Crippen LogP contribution is -2.60. The number of halogens is 1. The Morgan fingerprint density at radius 3 is 2.24 bits per heavy atom. The molecule has 5 amide bonds. The molecule has 6 aliphatic rings. The first-order valence-corrected chi connectivity index (χ1v) is 27.9. The summed E-state index contributed by atoms with van der Waals surface area (Å²) in [7, 11) is 0. The number of alkyl halides is 1. The van der Waals surface area contributed by atoms with Crippen molar-refractivity contribution in [3.8, 4) is 0 Å². The van der Waals surface area contributed by atoms with E-state index in [1.165, 1.54) is 10.7 Å². The molecule has 0 radical (unpaired) electrons. The Bertz CT molecular complexity index is 2730. The van der Waals surface area contributed by atoms with Crippen LogP contribution in [0.3, 0.4) is 0 Å². The maximum atomic E-state index is 15.3. The number of piperazine rings is 2. The van der Waals surface area contributed by atoms with E-state index >= 15 is 4.39 Å². The van der Waals surface area contributed by atoms with E-state index < -0.39 is 23.5 Å². The molecule has 4 aliphatic heterocycles. The van der Waals surface area contributed by atoms with Crippen molar-refractivity contribution in [2.45, 2.75) is 116 Å². The van der Waals surface area contributed by atoms with Gasteiger partial charge in [0.25, 0.3) is 11.5 Å². The van der Waals surface area contributed by atoms with Crippen molar-refractivity contribution in [1.29, 1.82) is 0 Å². The molecule has 5 heterocycles. The maximum Gasteiger partial charge on any atom is 0.419 e. The van der Waals surface area contributed by atoms with Crippen LogP contribution in [0.5, 0.6) is 0 Å². The van der Waals surface area contributed by atoms with Crippen LogP contribution in [-0.2, 0) is 25.6 Å². The first kappa shape index (κ1) is 53.9. The van der Waals surface area contributed by atoms with E-state index in [-0.39, 0.29) is 53.0 Å². The number of benzene rings is 2. The van der Waals surface area contributed by atoms with Gasteiger partial charge >= 0.3 is 5.91 Å². The fourth-order valence-electron chi connectivity index (χ4n) is 12.8. The van der Waals surface area contributed by atoms with Crippen LogP contribution in [0.15, 0.2) is 77.1 Å². The lowest BCUT2D eigenvalue weighted by Gasteiger charge is -2.43. The second kappa shape index (κ2) is 23.6. The van der Waals surface area contributed by atoms with Crippen LogP contribution in [0.2, 0.25) is 0 Å². The SMILES string of the molecule is C=[N+](C(=O)c1cccc([C@@H]2CCCN(C(=O)C(C)(C)C)C2)c1)[C@@H](C(=O)N1CCN(CC2CCN(CC(=O)N3CCN(C(=O)C4C=C(Cc5n[nH]c(=O)c6ccccc56)C=CC4F)CC3)CC2)C[C@H]1C)C1CCCCC1. The van der Waals surface area contributed by atoms with Gasteiger partial charge < -0.3 is 19.6 Å². The Morgan fingerprint density at radius 2 is 1.52 bits per heavy atom. The number of likely N-dealkylation sites (tertiary alicyclic amines) is 2. The summed E-state index contributed by atoms with van der Waals surface area (Å²) < 4.78 is 16.8. The number of amides is 5. The van der Waals surface area contributed by atoms with Gasteiger partial charge in [-0.05, 0) is 99.9 Å². The largest absolute Gasteiger partial charge is 0.419 e. The third-order valence-electron chi connectivity index (χ3n) is 17.1. The van der Waals surface area contributed by atoms with Gasteiger partial charge in [-0.15, -0.1) is 0 Å². The lowest BCUT2D eigenvalue weighted by molar-refractivity contribution is -0.462. The van der Waals surface area contributed by atoms with Crippen LogP contribution in [0.4, 0.5) is 4.39 Å². The molecule has 0 bridgehead atoms. The van der Waals surface area contributed by atoms with E-state index in [0.717, 1.165) is 114 Å². The fourth-order valence-corrected chi connectivity index (χ4v) is 12.8. The van der Waals surface area contributed by atoms with Crippen LogP contribution in [0, 0.1) is 23.2 Å². The summed E-state index contributed by atoms with van der Waals surface area (Å²) in [5.41, 5.74) is 2.25. The molecule has 4 saturated heterocycles. The summed E-state index contributed by atoms with van der Waals surface area (Å²) in [6.07, 6.45) is 12.5. The minimum absolute atomic E-state index is 0.00319. The molecule has 0 spiro atoms. The van der Waals surface area contributed by atoms with Gasteiger partial charge in [-0.3, -0.25) is 33.8 Å². The Labute approximate surface area is 441 Å². The van der Waals surface area contributed by atoms with Gasteiger partial charge in [-0.2, -0.15) is 9.67 Å². The molecular weight excluding hydrogens is 950 g/mol. The average molecular weight is 1030 g/mol. The number of piperidine rings is 2. The normalized spacial score (nSPS) is 24.3. The highest BCUT2D eigenvalue weighted by Gasteiger charge is 2.46. The number of carbonyl (C=O) groups is 5. The van der Waals surface area contributed by atoms with Crippen LogP contribution in [0.25, 0.3) is 10.8 Å². The quantitative estimate of drug-likeness (QED) is 0.168.